The van der Waals surface area contributed by atoms with E-state index in [1.54, 1.807) is 30.3 Å². The van der Waals surface area contributed by atoms with E-state index in [9.17, 15) is 29.1 Å². The van der Waals surface area contributed by atoms with Gasteiger partial charge in [-0.15, -0.1) is 0 Å². The Morgan fingerprint density at radius 2 is 1.50 bits per heavy atom. The van der Waals surface area contributed by atoms with Gasteiger partial charge in [-0.2, -0.15) is 0 Å². The molecule has 0 bridgehead atoms. The molecule has 14 heteroatoms. The predicted octanol–water partition coefficient (Wildman–Crippen LogP) is -0.945. The summed E-state index contributed by atoms with van der Waals surface area (Å²) in [5.41, 5.74) is 12.8. The van der Waals surface area contributed by atoms with Crippen molar-refractivity contribution in [2.45, 2.75) is 69.1 Å². The Labute approximate surface area is 231 Å². The first-order valence-electron chi connectivity index (χ1n) is 12.9. The topological polar surface area (TPSA) is 243 Å². The molecule has 4 atom stereocenters. The van der Waals surface area contributed by atoms with Crippen LogP contribution in [0.4, 0.5) is 0 Å². The van der Waals surface area contributed by atoms with Crippen LogP contribution in [0.25, 0.3) is 0 Å². The quantitative estimate of drug-likeness (QED) is 0.104. The number of carboxylic acid groups (broad SMARTS) is 2. The van der Waals surface area contributed by atoms with Gasteiger partial charge >= 0.3 is 11.9 Å². The van der Waals surface area contributed by atoms with Crippen molar-refractivity contribution in [1.82, 2.24) is 25.9 Å². The number of aliphatic carboxylic acids is 2. The van der Waals surface area contributed by atoms with Crippen molar-refractivity contribution in [2.75, 3.05) is 6.54 Å². The first-order valence-corrected chi connectivity index (χ1v) is 12.9. The van der Waals surface area contributed by atoms with E-state index >= 15 is 0 Å². The normalized spacial score (nSPS) is 13.8. The molecule has 3 amide bonds. The summed E-state index contributed by atoms with van der Waals surface area (Å²) in [7, 11) is 0. The number of hydrogen-bond donors (Lipinski definition) is 8. The molecule has 14 nitrogen and oxygen atoms in total. The minimum Gasteiger partial charge on any atom is -0.481 e. The highest BCUT2D eigenvalue weighted by Crippen LogP contribution is 2.08. The number of benzene rings is 1. The lowest BCUT2D eigenvalue weighted by molar-refractivity contribution is -0.143. The molecule has 0 spiro atoms. The maximum Gasteiger partial charge on any atom is 0.326 e. The lowest BCUT2D eigenvalue weighted by atomic mass is 10.0. The Kier molecular flexibility index (Phi) is 13.3. The lowest BCUT2D eigenvalue weighted by Gasteiger charge is -2.25. The predicted molar refractivity (Wildman–Crippen MR) is 144 cm³/mol. The van der Waals surface area contributed by atoms with Crippen LogP contribution in [0, 0.1) is 0 Å². The number of nitrogens with two attached hydrogens (primary N) is 2. The fourth-order valence-corrected chi connectivity index (χ4v) is 3.90. The van der Waals surface area contributed by atoms with Crippen LogP contribution in [-0.2, 0) is 36.8 Å². The number of unbranched alkanes of at least 4 members (excludes halogenated alkanes) is 1. The van der Waals surface area contributed by atoms with Gasteiger partial charge in [-0.3, -0.25) is 19.2 Å². The number of nitrogens with zero attached hydrogens (tertiary/aromatic N) is 1. The summed E-state index contributed by atoms with van der Waals surface area (Å²) in [5, 5.41) is 26.1. The molecule has 218 valence electrons. The molecule has 1 heterocycles. The van der Waals surface area contributed by atoms with Crippen LogP contribution in [0.15, 0.2) is 42.9 Å². The van der Waals surface area contributed by atoms with Crippen molar-refractivity contribution >= 4 is 29.7 Å². The fraction of sp³-hybridized carbons (Fsp3) is 0.462. The average Bonchev–Trinajstić information content (AvgIpc) is 3.43. The zero-order valence-corrected chi connectivity index (χ0v) is 22.0. The molecule has 10 N–H and O–H groups in total. The largest absolute Gasteiger partial charge is 0.481 e. The third-order valence-electron chi connectivity index (χ3n) is 6.09. The first-order chi connectivity index (χ1) is 19.1. The van der Waals surface area contributed by atoms with Crippen LogP contribution < -0.4 is 27.4 Å². The van der Waals surface area contributed by atoms with Crippen molar-refractivity contribution in [2.24, 2.45) is 11.5 Å². The van der Waals surface area contributed by atoms with Crippen molar-refractivity contribution in [3.05, 3.63) is 54.1 Å². The van der Waals surface area contributed by atoms with E-state index < -0.39 is 60.2 Å². The van der Waals surface area contributed by atoms with E-state index in [0.717, 1.165) is 0 Å². The molecule has 40 heavy (non-hydrogen) atoms. The first kappa shape index (κ1) is 31.9. The zero-order chi connectivity index (χ0) is 29.5. The summed E-state index contributed by atoms with van der Waals surface area (Å²) in [5.74, 6) is -4.71. The number of carbonyl (C=O) groups excluding carboxylic acids is 3. The SMILES string of the molecule is NCCCCC(NC(=O)C(CCC(=O)O)NC(=O)C(Cc1ccccc1)NC(=O)C(N)Cc1cnc[nH]1)C(=O)O. The van der Waals surface area contributed by atoms with E-state index in [-0.39, 0.29) is 25.7 Å². The molecule has 0 saturated carbocycles. The summed E-state index contributed by atoms with van der Waals surface area (Å²) < 4.78 is 0. The molecular formula is C26H37N7O7. The van der Waals surface area contributed by atoms with Gasteiger partial charge in [-0.05, 0) is 37.8 Å². The molecule has 0 radical (unpaired) electrons. The second kappa shape index (κ2) is 16.6. The molecule has 4 unspecified atom stereocenters. The summed E-state index contributed by atoms with van der Waals surface area (Å²) in [4.78, 5) is 68.9. The van der Waals surface area contributed by atoms with Crippen LogP contribution >= 0.6 is 0 Å². The van der Waals surface area contributed by atoms with Crippen molar-refractivity contribution in [3.8, 4) is 0 Å². The van der Waals surface area contributed by atoms with Crippen LogP contribution in [0.2, 0.25) is 0 Å². The zero-order valence-electron chi connectivity index (χ0n) is 22.0. The lowest BCUT2D eigenvalue weighted by Crippen LogP contribution is -2.57. The van der Waals surface area contributed by atoms with Crippen LogP contribution in [0.3, 0.4) is 0 Å². The number of carboxylic acids is 2. The van der Waals surface area contributed by atoms with Gasteiger partial charge in [-0.1, -0.05) is 30.3 Å². The summed E-state index contributed by atoms with van der Waals surface area (Å²) in [6, 6.07) is 4.03. The summed E-state index contributed by atoms with van der Waals surface area (Å²) in [6.07, 6.45) is 3.51. The van der Waals surface area contributed by atoms with Gasteiger partial charge in [0.15, 0.2) is 0 Å². The second-order valence-electron chi connectivity index (χ2n) is 9.32. The molecule has 0 aliphatic rings. The fourth-order valence-electron chi connectivity index (χ4n) is 3.90. The number of hydrogen-bond acceptors (Lipinski definition) is 8. The smallest absolute Gasteiger partial charge is 0.326 e. The molecule has 2 aromatic rings. The molecule has 1 aromatic heterocycles. The second-order valence-corrected chi connectivity index (χ2v) is 9.32. The third-order valence-corrected chi connectivity index (χ3v) is 6.09. The number of H-pyrrole nitrogens is 1. The van der Waals surface area contributed by atoms with Gasteiger partial charge in [-0.25, -0.2) is 9.78 Å². The number of aromatic amines is 1. The highest BCUT2D eigenvalue weighted by Gasteiger charge is 2.31. The summed E-state index contributed by atoms with van der Waals surface area (Å²) in [6.45, 7) is 0.359. The van der Waals surface area contributed by atoms with Gasteiger partial charge < -0.3 is 42.6 Å². The van der Waals surface area contributed by atoms with Gasteiger partial charge in [0.05, 0.1) is 12.4 Å². The van der Waals surface area contributed by atoms with E-state index in [4.69, 9.17) is 16.6 Å². The number of aromatic nitrogens is 2. The minimum atomic E-state index is -1.37. The van der Waals surface area contributed by atoms with Gasteiger partial charge in [0.1, 0.15) is 18.1 Å². The van der Waals surface area contributed by atoms with Gasteiger partial charge in [0.25, 0.3) is 0 Å². The van der Waals surface area contributed by atoms with Crippen LogP contribution in [-0.4, -0.2) is 80.6 Å². The molecule has 0 aliphatic carbocycles. The Morgan fingerprint density at radius 3 is 2.10 bits per heavy atom. The molecule has 0 aliphatic heterocycles. The van der Waals surface area contributed by atoms with Crippen molar-refractivity contribution < 1.29 is 34.2 Å². The minimum absolute atomic E-state index is 0.0549. The Bertz CT molecular complexity index is 1110. The number of rotatable bonds is 18. The maximum atomic E-state index is 13.4. The molecular weight excluding hydrogens is 522 g/mol. The van der Waals surface area contributed by atoms with Crippen molar-refractivity contribution in [1.29, 1.82) is 0 Å². The number of nitrogens with one attached hydrogen (secondary N) is 4. The highest BCUT2D eigenvalue weighted by atomic mass is 16.4. The monoisotopic (exact) mass is 559 g/mol. The van der Waals surface area contributed by atoms with E-state index in [2.05, 4.69) is 25.9 Å². The highest BCUT2D eigenvalue weighted by molar-refractivity contribution is 5.94. The third kappa shape index (κ3) is 11.2. The van der Waals surface area contributed by atoms with Crippen molar-refractivity contribution in [3.63, 3.8) is 0 Å². The molecule has 2 rings (SSSR count). The average molecular weight is 560 g/mol. The van der Waals surface area contributed by atoms with Crippen LogP contribution in [0.1, 0.15) is 43.4 Å². The van der Waals surface area contributed by atoms with E-state index in [0.29, 0.717) is 30.6 Å². The number of imidazole rings is 1. The number of carbonyl (C=O) groups is 5. The number of amides is 3. The standard InChI is InChI=1S/C26H37N7O7/c27-11-5-4-8-20(26(39)40)32-24(37)19(9-10-22(34)35)31-25(38)21(12-16-6-2-1-3-7-16)33-23(36)18(28)13-17-14-29-15-30-17/h1-3,6-7,14-15,18-21H,4-5,8-13,27-28H2,(H,29,30)(H,31,38)(H,32,37)(H,33,36)(H,34,35)(H,39,40). The molecule has 0 fully saturated rings. The van der Waals surface area contributed by atoms with Gasteiger partial charge in [0.2, 0.25) is 17.7 Å². The van der Waals surface area contributed by atoms with E-state index in [1.165, 1.54) is 12.5 Å². The van der Waals surface area contributed by atoms with Gasteiger partial charge in [0, 0.05) is 31.2 Å². The molecule has 0 saturated heterocycles. The molecule has 1 aromatic carbocycles. The van der Waals surface area contributed by atoms with Crippen LogP contribution in [0.5, 0.6) is 0 Å². The summed E-state index contributed by atoms with van der Waals surface area (Å²) >= 11 is 0. The maximum absolute atomic E-state index is 13.4. The Balaban J connectivity index is 2.19. The Morgan fingerprint density at radius 1 is 0.850 bits per heavy atom. The Hall–Kier alpha value is -4.30. The van der Waals surface area contributed by atoms with E-state index in [1.807, 2.05) is 0 Å².